The van der Waals surface area contributed by atoms with Crippen LogP contribution in [0.2, 0.25) is 0 Å². The Labute approximate surface area is 514 Å². The van der Waals surface area contributed by atoms with E-state index < -0.39 is 6.10 Å². The summed E-state index contributed by atoms with van der Waals surface area (Å²) in [6.07, 6.45) is 86.3. The number of hydrogen-bond donors (Lipinski definition) is 0. The highest BCUT2D eigenvalue weighted by Crippen LogP contribution is 2.20. The number of hydrogen-bond acceptors (Lipinski definition) is 6. The first kappa shape index (κ1) is 80.4. The summed E-state index contributed by atoms with van der Waals surface area (Å²) in [4.78, 5) is 38.2. The van der Waals surface area contributed by atoms with Crippen LogP contribution in [0.5, 0.6) is 0 Å². The van der Waals surface area contributed by atoms with E-state index in [-0.39, 0.29) is 31.1 Å². The van der Waals surface area contributed by atoms with Gasteiger partial charge in [-0.3, -0.25) is 14.4 Å². The zero-order chi connectivity index (χ0) is 59.2. The molecule has 6 nitrogen and oxygen atoms in total. The molecule has 1 unspecified atom stereocenters. The third-order valence-electron chi connectivity index (χ3n) is 17.9. The van der Waals surface area contributed by atoms with E-state index in [1.54, 1.807) is 0 Å². The summed E-state index contributed by atoms with van der Waals surface area (Å²) >= 11 is 0. The van der Waals surface area contributed by atoms with Gasteiger partial charge in [-0.05, 0) is 19.3 Å². The Morgan fingerprint density at radius 1 is 0.195 bits per heavy atom. The van der Waals surface area contributed by atoms with Gasteiger partial charge in [0.15, 0.2) is 6.10 Å². The van der Waals surface area contributed by atoms with E-state index in [2.05, 4.69) is 20.8 Å². The predicted octanol–water partition coefficient (Wildman–Crippen LogP) is 26.2. The fraction of sp³-hybridized carbons (Fsp3) is 0.961. The van der Waals surface area contributed by atoms with Crippen molar-refractivity contribution in [3.8, 4) is 0 Å². The van der Waals surface area contributed by atoms with Gasteiger partial charge in [0.05, 0.1) is 0 Å². The normalized spacial score (nSPS) is 11.9. The topological polar surface area (TPSA) is 78.9 Å². The molecule has 0 radical (unpaired) electrons. The van der Waals surface area contributed by atoms with Gasteiger partial charge in [0.2, 0.25) is 0 Å². The third-order valence-corrected chi connectivity index (χ3v) is 17.9. The number of carbonyl (C=O) groups is 3. The largest absolute Gasteiger partial charge is 0.462 e. The first-order chi connectivity index (χ1) is 40.5. The van der Waals surface area contributed by atoms with Gasteiger partial charge in [-0.15, -0.1) is 0 Å². The maximum atomic E-state index is 12.9. The average molecular weight is 1160 g/mol. The Balaban J connectivity index is 3.92. The zero-order valence-corrected chi connectivity index (χ0v) is 56.3. The van der Waals surface area contributed by atoms with Crippen molar-refractivity contribution < 1.29 is 28.6 Å². The van der Waals surface area contributed by atoms with E-state index in [0.717, 1.165) is 57.8 Å². The minimum Gasteiger partial charge on any atom is -0.462 e. The standard InChI is InChI=1S/C76H148O6/c1-4-7-10-13-16-18-20-22-24-26-28-30-32-34-35-36-37-38-39-40-41-42-44-45-47-49-51-53-55-57-60-63-66-69-75(78)81-72-73(71-80-74(77)68-65-62-59-15-12-9-6-3)82-76(79)70-67-64-61-58-56-54-52-50-48-46-43-33-31-29-27-25-23-21-19-17-14-11-8-5-2/h73H,4-72H2,1-3H3. The van der Waals surface area contributed by atoms with Crippen molar-refractivity contribution in [2.75, 3.05) is 13.2 Å². The van der Waals surface area contributed by atoms with Crippen LogP contribution in [0.25, 0.3) is 0 Å². The van der Waals surface area contributed by atoms with Crippen LogP contribution in [0.4, 0.5) is 0 Å². The number of unbranched alkanes of at least 4 members (excludes halogenated alkanes) is 61. The number of ether oxygens (including phenoxy) is 3. The highest BCUT2D eigenvalue weighted by molar-refractivity contribution is 5.71. The molecule has 0 aromatic rings. The lowest BCUT2D eigenvalue weighted by Gasteiger charge is -2.18. The smallest absolute Gasteiger partial charge is 0.306 e. The van der Waals surface area contributed by atoms with Crippen molar-refractivity contribution in [2.45, 2.75) is 457 Å². The van der Waals surface area contributed by atoms with E-state index >= 15 is 0 Å². The molecule has 0 saturated heterocycles. The fourth-order valence-corrected chi connectivity index (χ4v) is 12.2. The van der Waals surface area contributed by atoms with Gasteiger partial charge in [0.1, 0.15) is 13.2 Å². The molecule has 0 saturated carbocycles. The molecule has 82 heavy (non-hydrogen) atoms. The molecule has 0 N–H and O–H groups in total. The maximum absolute atomic E-state index is 12.9. The molecule has 0 aromatic carbocycles. The van der Waals surface area contributed by atoms with Crippen LogP contribution in [0.3, 0.4) is 0 Å². The highest BCUT2D eigenvalue weighted by Gasteiger charge is 2.20. The SMILES string of the molecule is CCCCCCCCCCCCCCCCCCCCCCCCCCCCCCCCCCCC(=O)OCC(COC(=O)CCCCCCCCC)OC(=O)CCCCCCCCCCCCCCCCCCCCCCCCCC. The Morgan fingerprint density at radius 2 is 0.329 bits per heavy atom. The molecule has 6 heteroatoms. The molecule has 0 aromatic heterocycles. The van der Waals surface area contributed by atoms with Gasteiger partial charge in [-0.1, -0.05) is 412 Å². The Kier molecular flexibility index (Phi) is 70.5. The number of esters is 3. The monoisotopic (exact) mass is 1160 g/mol. The lowest BCUT2D eigenvalue weighted by Crippen LogP contribution is -2.30. The van der Waals surface area contributed by atoms with E-state index in [1.807, 2.05) is 0 Å². The number of carbonyl (C=O) groups excluding carboxylic acids is 3. The van der Waals surface area contributed by atoms with E-state index in [4.69, 9.17) is 14.2 Å². The van der Waals surface area contributed by atoms with Crippen molar-refractivity contribution in [1.82, 2.24) is 0 Å². The lowest BCUT2D eigenvalue weighted by molar-refractivity contribution is -0.167. The lowest BCUT2D eigenvalue weighted by atomic mass is 10.0. The van der Waals surface area contributed by atoms with Crippen LogP contribution < -0.4 is 0 Å². The summed E-state index contributed by atoms with van der Waals surface area (Å²) in [6.45, 7) is 6.70. The van der Waals surface area contributed by atoms with Crippen LogP contribution in [-0.2, 0) is 28.6 Å². The van der Waals surface area contributed by atoms with Crippen LogP contribution in [-0.4, -0.2) is 37.2 Å². The van der Waals surface area contributed by atoms with Gasteiger partial charge in [-0.25, -0.2) is 0 Å². The molecule has 0 fully saturated rings. The minimum absolute atomic E-state index is 0.0611. The number of rotatable bonds is 72. The molecule has 488 valence electrons. The van der Waals surface area contributed by atoms with E-state index in [9.17, 15) is 14.4 Å². The van der Waals surface area contributed by atoms with Crippen molar-refractivity contribution in [1.29, 1.82) is 0 Å². The second-order valence-corrected chi connectivity index (χ2v) is 26.3. The summed E-state index contributed by atoms with van der Waals surface area (Å²) in [5.74, 6) is -0.830. The molecule has 0 rings (SSSR count). The van der Waals surface area contributed by atoms with E-state index in [0.29, 0.717) is 19.3 Å². The first-order valence-corrected chi connectivity index (χ1v) is 38.0. The van der Waals surface area contributed by atoms with Gasteiger partial charge in [0.25, 0.3) is 0 Å². The fourth-order valence-electron chi connectivity index (χ4n) is 12.2. The summed E-state index contributed by atoms with van der Waals surface area (Å²) in [7, 11) is 0. The van der Waals surface area contributed by atoms with Crippen molar-refractivity contribution in [3.05, 3.63) is 0 Å². The summed E-state index contributed by atoms with van der Waals surface area (Å²) in [5, 5.41) is 0. The molecule has 0 aliphatic carbocycles. The van der Waals surface area contributed by atoms with Crippen LogP contribution in [0, 0.1) is 0 Å². The molecule has 0 aliphatic heterocycles. The second-order valence-electron chi connectivity index (χ2n) is 26.3. The molecule has 1 atom stereocenters. The molecule has 0 spiro atoms. The maximum Gasteiger partial charge on any atom is 0.306 e. The Bertz CT molecular complexity index is 1240. The van der Waals surface area contributed by atoms with Crippen molar-refractivity contribution in [3.63, 3.8) is 0 Å². The van der Waals surface area contributed by atoms with Crippen molar-refractivity contribution in [2.24, 2.45) is 0 Å². The Morgan fingerprint density at radius 3 is 0.488 bits per heavy atom. The van der Waals surface area contributed by atoms with Crippen LogP contribution in [0.15, 0.2) is 0 Å². The molecule has 0 heterocycles. The molecule has 0 amide bonds. The third kappa shape index (κ3) is 69.2. The van der Waals surface area contributed by atoms with Crippen LogP contribution >= 0.6 is 0 Å². The molecular weight excluding hydrogens is 1010 g/mol. The van der Waals surface area contributed by atoms with Crippen molar-refractivity contribution >= 4 is 17.9 Å². The first-order valence-electron chi connectivity index (χ1n) is 38.0. The minimum atomic E-state index is -0.762. The van der Waals surface area contributed by atoms with Crippen LogP contribution in [0.1, 0.15) is 451 Å². The zero-order valence-electron chi connectivity index (χ0n) is 56.3. The Hall–Kier alpha value is -1.59. The molecular formula is C76H148O6. The van der Waals surface area contributed by atoms with Gasteiger partial charge in [0, 0.05) is 19.3 Å². The average Bonchev–Trinajstić information content (AvgIpc) is 3.48. The quantitative estimate of drug-likeness (QED) is 0.0343. The second kappa shape index (κ2) is 71.9. The van der Waals surface area contributed by atoms with E-state index in [1.165, 1.54) is 353 Å². The molecule has 0 bridgehead atoms. The predicted molar refractivity (Wildman–Crippen MR) is 358 cm³/mol. The molecule has 0 aliphatic rings. The highest BCUT2D eigenvalue weighted by atomic mass is 16.6. The van der Waals surface area contributed by atoms with Gasteiger partial charge in [-0.2, -0.15) is 0 Å². The summed E-state index contributed by atoms with van der Waals surface area (Å²) in [6, 6.07) is 0. The summed E-state index contributed by atoms with van der Waals surface area (Å²) in [5.41, 5.74) is 0. The van der Waals surface area contributed by atoms with Gasteiger partial charge >= 0.3 is 17.9 Å². The summed E-state index contributed by atoms with van der Waals surface area (Å²) < 4.78 is 16.9. The van der Waals surface area contributed by atoms with Gasteiger partial charge < -0.3 is 14.2 Å².